The molecule has 156 valence electrons. The first kappa shape index (κ1) is 21.7. The Morgan fingerprint density at radius 1 is 0.926 bits per heavy atom. The van der Waals surface area contributed by atoms with Crippen LogP contribution in [0.1, 0.15) is 47.0 Å². The second-order valence-electron chi connectivity index (χ2n) is 8.27. The summed E-state index contributed by atoms with van der Waals surface area (Å²) in [5.74, 6) is -7.07. The maximum atomic E-state index is 13.2. The van der Waals surface area contributed by atoms with E-state index in [4.69, 9.17) is 9.47 Å². The summed E-state index contributed by atoms with van der Waals surface area (Å²) in [4.78, 5) is 23.8. The summed E-state index contributed by atoms with van der Waals surface area (Å²) >= 11 is 0. The van der Waals surface area contributed by atoms with Gasteiger partial charge in [0.1, 0.15) is 11.7 Å². The number of halogens is 5. The number of ether oxygens (including phenoxy) is 3. The normalized spacial score (nSPS) is 29.4. The smallest absolute Gasteiger partial charge is 0.446 e. The first-order valence-corrected chi connectivity index (χ1v) is 8.62. The number of esters is 1. The molecule has 5 atom stereocenters. The predicted octanol–water partition coefficient (Wildman–Crippen LogP) is 4.48. The third-order valence-electron chi connectivity index (χ3n) is 4.72. The molecule has 0 aliphatic heterocycles. The number of carbonyl (C=O) groups excluding carboxylic acids is 2. The lowest BCUT2D eigenvalue weighted by Gasteiger charge is -2.30. The zero-order chi connectivity index (χ0) is 20.8. The van der Waals surface area contributed by atoms with Crippen molar-refractivity contribution in [3.63, 3.8) is 0 Å². The molecule has 0 radical (unpaired) electrons. The van der Waals surface area contributed by atoms with E-state index in [0.717, 1.165) is 0 Å². The van der Waals surface area contributed by atoms with Crippen molar-refractivity contribution in [2.45, 2.75) is 76.9 Å². The molecule has 5 unspecified atom stereocenters. The van der Waals surface area contributed by atoms with Crippen LogP contribution in [0.3, 0.4) is 0 Å². The van der Waals surface area contributed by atoms with E-state index >= 15 is 0 Å². The van der Waals surface area contributed by atoms with E-state index in [1.807, 2.05) is 0 Å². The van der Waals surface area contributed by atoms with Crippen LogP contribution in [0.4, 0.5) is 26.7 Å². The van der Waals surface area contributed by atoms with E-state index in [0.29, 0.717) is 6.42 Å². The molecule has 2 rings (SSSR count). The minimum Gasteiger partial charge on any atom is -0.446 e. The van der Waals surface area contributed by atoms with E-state index in [-0.39, 0.29) is 31.6 Å². The Morgan fingerprint density at radius 3 is 1.93 bits per heavy atom. The van der Waals surface area contributed by atoms with Crippen molar-refractivity contribution >= 4 is 12.1 Å². The molecule has 0 aromatic carbocycles. The standard InChI is InChI=1S/C17H23F5O5/c1-15(2,3)27-14(24)25-11-7-8-5-9(11)6-10(8)12(23)26-13(16(4,18)19)17(20,21)22/h8-11,13H,5-7H2,1-4H3. The van der Waals surface area contributed by atoms with Gasteiger partial charge in [-0.3, -0.25) is 4.79 Å². The van der Waals surface area contributed by atoms with Gasteiger partial charge in [-0.05, 0) is 51.9 Å². The van der Waals surface area contributed by atoms with Gasteiger partial charge in [0.2, 0.25) is 0 Å². The summed E-state index contributed by atoms with van der Waals surface area (Å²) in [6.07, 6.45) is -9.40. The van der Waals surface area contributed by atoms with Crippen LogP contribution in [-0.4, -0.2) is 42.0 Å². The van der Waals surface area contributed by atoms with Gasteiger partial charge in [-0.15, -0.1) is 0 Å². The first-order valence-electron chi connectivity index (χ1n) is 8.62. The Bertz CT molecular complexity index is 564. The average Bonchev–Trinajstić information content (AvgIpc) is 2.99. The molecule has 0 heterocycles. The molecule has 0 saturated heterocycles. The molecule has 10 heteroatoms. The minimum atomic E-state index is -5.37. The van der Waals surface area contributed by atoms with E-state index in [1.54, 1.807) is 20.8 Å². The summed E-state index contributed by atoms with van der Waals surface area (Å²) in [5, 5.41) is 0. The molecular weight excluding hydrogens is 379 g/mol. The van der Waals surface area contributed by atoms with Crippen molar-refractivity contribution in [2.75, 3.05) is 0 Å². The van der Waals surface area contributed by atoms with Gasteiger partial charge in [-0.2, -0.15) is 13.2 Å². The molecular formula is C17H23F5O5. The Balaban J connectivity index is 1.93. The Kier molecular flexibility index (Phi) is 5.69. The molecule has 2 bridgehead atoms. The highest BCUT2D eigenvalue weighted by molar-refractivity contribution is 5.74. The molecule has 5 nitrogen and oxygen atoms in total. The molecule has 0 spiro atoms. The Labute approximate surface area is 153 Å². The number of carbonyl (C=O) groups is 2. The van der Waals surface area contributed by atoms with Gasteiger partial charge < -0.3 is 14.2 Å². The van der Waals surface area contributed by atoms with Gasteiger partial charge in [0.15, 0.2) is 0 Å². The number of alkyl halides is 5. The summed E-state index contributed by atoms with van der Waals surface area (Å²) in [6.45, 7) is 5.06. The van der Waals surface area contributed by atoms with Crippen molar-refractivity contribution < 1.29 is 45.8 Å². The number of hydrogen-bond donors (Lipinski definition) is 0. The van der Waals surface area contributed by atoms with Gasteiger partial charge in [-0.25, -0.2) is 13.6 Å². The van der Waals surface area contributed by atoms with Gasteiger partial charge >= 0.3 is 18.3 Å². The van der Waals surface area contributed by atoms with Gasteiger partial charge in [0.25, 0.3) is 12.0 Å². The monoisotopic (exact) mass is 402 g/mol. The van der Waals surface area contributed by atoms with Crippen molar-refractivity contribution in [1.29, 1.82) is 0 Å². The van der Waals surface area contributed by atoms with E-state index in [1.165, 1.54) is 0 Å². The quantitative estimate of drug-likeness (QED) is 0.513. The summed E-state index contributed by atoms with van der Waals surface area (Å²) in [7, 11) is 0. The lowest BCUT2D eigenvalue weighted by atomic mass is 9.87. The van der Waals surface area contributed by atoms with Crippen LogP contribution in [0.15, 0.2) is 0 Å². The number of rotatable bonds is 4. The third-order valence-corrected chi connectivity index (χ3v) is 4.72. The zero-order valence-electron chi connectivity index (χ0n) is 15.4. The molecule has 0 amide bonds. The lowest BCUT2D eigenvalue weighted by molar-refractivity contribution is -0.275. The molecule has 0 aromatic heterocycles. The SMILES string of the molecule is CC(C)(C)OC(=O)OC1CC2CC1CC2C(=O)OC(C(C)(F)F)C(F)(F)F. The van der Waals surface area contributed by atoms with Crippen molar-refractivity contribution in [1.82, 2.24) is 0 Å². The third kappa shape index (κ3) is 5.44. The first-order chi connectivity index (χ1) is 12.1. The van der Waals surface area contributed by atoms with Crippen LogP contribution >= 0.6 is 0 Å². The highest BCUT2D eigenvalue weighted by Gasteiger charge is 2.58. The largest absolute Gasteiger partial charge is 0.509 e. The second kappa shape index (κ2) is 7.09. The van der Waals surface area contributed by atoms with Gasteiger partial charge in [-0.1, -0.05) is 0 Å². The molecule has 2 aliphatic rings. The van der Waals surface area contributed by atoms with E-state index in [9.17, 15) is 31.5 Å². The van der Waals surface area contributed by atoms with Crippen LogP contribution in [-0.2, 0) is 19.0 Å². The minimum absolute atomic E-state index is 0.0595. The molecule has 0 aromatic rings. The molecule has 2 aliphatic carbocycles. The summed E-state index contributed by atoms with van der Waals surface area (Å²) in [6, 6.07) is 0. The van der Waals surface area contributed by atoms with Crippen molar-refractivity contribution in [3.05, 3.63) is 0 Å². The van der Waals surface area contributed by atoms with Crippen LogP contribution in [0.2, 0.25) is 0 Å². The lowest BCUT2D eigenvalue weighted by Crippen LogP contribution is -2.47. The van der Waals surface area contributed by atoms with Gasteiger partial charge in [0.05, 0.1) is 5.92 Å². The molecule has 2 saturated carbocycles. The average molecular weight is 402 g/mol. The second-order valence-corrected chi connectivity index (χ2v) is 8.27. The van der Waals surface area contributed by atoms with Crippen LogP contribution in [0.25, 0.3) is 0 Å². The maximum absolute atomic E-state index is 13.2. The summed E-state index contributed by atoms with van der Waals surface area (Å²) in [5.41, 5.74) is -0.737. The topological polar surface area (TPSA) is 61.8 Å². The van der Waals surface area contributed by atoms with E-state index in [2.05, 4.69) is 4.74 Å². The summed E-state index contributed by atoms with van der Waals surface area (Å²) < 4.78 is 79.1. The number of fused-ring (bicyclic) bond motifs is 2. The van der Waals surface area contributed by atoms with Crippen LogP contribution in [0.5, 0.6) is 0 Å². The Morgan fingerprint density at radius 2 is 1.52 bits per heavy atom. The highest BCUT2D eigenvalue weighted by Crippen LogP contribution is 2.50. The van der Waals surface area contributed by atoms with Crippen molar-refractivity contribution in [2.24, 2.45) is 17.8 Å². The fourth-order valence-electron chi connectivity index (χ4n) is 3.71. The van der Waals surface area contributed by atoms with Crippen LogP contribution in [0, 0.1) is 17.8 Å². The van der Waals surface area contributed by atoms with Crippen LogP contribution < -0.4 is 0 Å². The van der Waals surface area contributed by atoms with Crippen molar-refractivity contribution in [3.8, 4) is 0 Å². The fraction of sp³-hybridized carbons (Fsp3) is 0.882. The molecule has 2 fully saturated rings. The Hall–Kier alpha value is -1.61. The zero-order valence-corrected chi connectivity index (χ0v) is 15.4. The highest BCUT2D eigenvalue weighted by atomic mass is 19.4. The van der Waals surface area contributed by atoms with E-state index < -0.39 is 48.0 Å². The predicted molar refractivity (Wildman–Crippen MR) is 82.0 cm³/mol. The van der Waals surface area contributed by atoms with Gasteiger partial charge in [0, 0.05) is 6.92 Å². The molecule has 27 heavy (non-hydrogen) atoms. The maximum Gasteiger partial charge on any atom is 0.509 e. The molecule has 0 N–H and O–H groups in total. The number of hydrogen-bond acceptors (Lipinski definition) is 5. The fourth-order valence-corrected chi connectivity index (χ4v) is 3.71.